The van der Waals surface area contributed by atoms with E-state index in [0.717, 1.165) is 17.1 Å². The molecule has 0 aliphatic carbocycles. The van der Waals surface area contributed by atoms with E-state index in [1.54, 1.807) is 0 Å². The number of ketones is 1. The normalized spacial score (nSPS) is 13.8. The number of carbonyl (C=O) groups is 4. The Morgan fingerprint density at radius 2 is 1.44 bits per heavy atom. The van der Waals surface area contributed by atoms with Crippen molar-refractivity contribution in [1.29, 1.82) is 0 Å². The topological polar surface area (TPSA) is 74.8 Å². The summed E-state index contributed by atoms with van der Waals surface area (Å²) in [4.78, 5) is 49.6. The smallest absolute Gasteiger partial charge is 0.273 e. The highest BCUT2D eigenvalue weighted by Gasteiger charge is 2.38. The van der Waals surface area contributed by atoms with Gasteiger partial charge in [-0.3, -0.25) is 19.2 Å². The minimum atomic E-state index is -0.689. The Morgan fingerprint density at radius 1 is 0.926 bits per heavy atom. The Hall–Kier alpha value is -3.06. The average molecular weight is 389 g/mol. The summed E-state index contributed by atoms with van der Waals surface area (Å²) in [5, 5.41) is 1.94. The molecule has 8 heteroatoms. The van der Waals surface area contributed by atoms with Gasteiger partial charge in [0.05, 0.1) is 0 Å². The van der Waals surface area contributed by atoms with Gasteiger partial charge in [-0.15, -0.1) is 0 Å². The van der Waals surface area contributed by atoms with E-state index in [9.17, 15) is 23.6 Å². The fourth-order valence-corrected chi connectivity index (χ4v) is 2.80. The van der Waals surface area contributed by atoms with Crippen LogP contribution in [0.15, 0.2) is 48.5 Å². The zero-order valence-corrected chi connectivity index (χ0v) is 14.8. The van der Waals surface area contributed by atoms with Gasteiger partial charge in [-0.2, -0.15) is 5.01 Å². The van der Waals surface area contributed by atoms with Crippen molar-refractivity contribution in [1.82, 2.24) is 10.0 Å². The Balaban J connectivity index is 1.92. The lowest BCUT2D eigenvalue weighted by Crippen LogP contribution is -2.51. The van der Waals surface area contributed by atoms with Crippen molar-refractivity contribution in [2.45, 2.75) is 12.8 Å². The van der Waals surface area contributed by atoms with Crippen LogP contribution in [0.5, 0.6) is 0 Å². The molecule has 1 heterocycles. The molecule has 2 aromatic rings. The molecule has 27 heavy (non-hydrogen) atoms. The standard InChI is InChI=1S/C19H14ClFN2O4/c20-14-5-1-13(2-6-14)19(27)22(23-17(25)9-10-18(23)26)11-16(24)12-3-7-15(21)8-4-12/h1-8H,9-11H2. The second kappa shape index (κ2) is 7.67. The maximum atomic E-state index is 13.1. The first-order valence-electron chi connectivity index (χ1n) is 8.08. The first-order valence-corrected chi connectivity index (χ1v) is 8.46. The molecule has 6 nitrogen and oxygen atoms in total. The summed E-state index contributed by atoms with van der Waals surface area (Å²) < 4.78 is 13.1. The van der Waals surface area contributed by atoms with Crippen molar-refractivity contribution in [3.05, 3.63) is 70.5 Å². The number of amides is 3. The van der Waals surface area contributed by atoms with Crippen LogP contribution in [0, 0.1) is 5.82 Å². The summed E-state index contributed by atoms with van der Waals surface area (Å²) >= 11 is 5.82. The first kappa shape index (κ1) is 18.7. The highest BCUT2D eigenvalue weighted by atomic mass is 35.5. The third-order valence-electron chi connectivity index (χ3n) is 4.05. The van der Waals surface area contributed by atoms with Gasteiger partial charge >= 0.3 is 0 Å². The van der Waals surface area contributed by atoms with Gasteiger partial charge in [0.2, 0.25) is 11.8 Å². The third-order valence-corrected chi connectivity index (χ3v) is 4.30. The van der Waals surface area contributed by atoms with E-state index in [0.29, 0.717) is 10.0 Å². The molecule has 0 unspecified atom stereocenters. The van der Waals surface area contributed by atoms with Gasteiger partial charge in [-0.1, -0.05) is 11.6 Å². The molecule has 3 rings (SSSR count). The SMILES string of the molecule is O=C(CN(C(=O)c1ccc(Cl)cc1)N1C(=O)CCC1=O)c1ccc(F)cc1. The number of hydrogen-bond acceptors (Lipinski definition) is 4. The molecule has 1 aliphatic rings. The van der Waals surface area contributed by atoms with E-state index in [2.05, 4.69) is 0 Å². The maximum absolute atomic E-state index is 13.1. The molecule has 0 atom stereocenters. The Bertz CT molecular complexity index is 896. The van der Waals surface area contributed by atoms with E-state index in [4.69, 9.17) is 11.6 Å². The molecule has 0 N–H and O–H groups in total. The zero-order chi connectivity index (χ0) is 19.6. The predicted octanol–water partition coefficient (Wildman–Crippen LogP) is 2.87. The summed E-state index contributed by atoms with van der Waals surface area (Å²) in [7, 11) is 0. The van der Waals surface area contributed by atoms with E-state index in [1.807, 2.05) is 0 Å². The van der Waals surface area contributed by atoms with Crippen molar-refractivity contribution >= 4 is 35.1 Å². The van der Waals surface area contributed by atoms with Crippen LogP contribution in [0.2, 0.25) is 5.02 Å². The predicted molar refractivity (Wildman–Crippen MR) is 94.3 cm³/mol. The molecule has 0 radical (unpaired) electrons. The van der Waals surface area contributed by atoms with Crippen LogP contribution in [0.1, 0.15) is 33.6 Å². The second-order valence-electron chi connectivity index (χ2n) is 5.90. The number of carbonyl (C=O) groups excluding carboxylic acids is 4. The monoisotopic (exact) mass is 388 g/mol. The number of nitrogens with zero attached hydrogens (tertiary/aromatic N) is 2. The maximum Gasteiger partial charge on any atom is 0.273 e. The third kappa shape index (κ3) is 4.03. The first-order chi connectivity index (χ1) is 12.9. The molecule has 2 aromatic carbocycles. The fourth-order valence-electron chi connectivity index (χ4n) is 2.67. The Kier molecular flexibility index (Phi) is 5.32. The quantitative estimate of drug-likeness (QED) is 0.583. The number of Topliss-reactive ketones (excluding diaryl/α,β-unsaturated/α-hetero) is 1. The molecule has 0 bridgehead atoms. The molecule has 1 fully saturated rings. The summed E-state index contributed by atoms with van der Waals surface area (Å²) in [6.07, 6.45) is -0.0675. The van der Waals surface area contributed by atoms with Gasteiger partial charge in [0.15, 0.2) is 5.78 Å². The van der Waals surface area contributed by atoms with Gasteiger partial charge in [-0.25, -0.2) is 9.40 Å². The summed E-state index contributed by atoms with van der Waals surface area (Å²) in [5.74, 6) is -2.86. The number of benzene rings is 2. The summed E-state index contributed by atoms with van der Waals surface area (Å²) in [6, 6.07) is 10.6. The lowest BCUT2D eigenvalue weighted by molar-refractivity contribution is -0.152. The van der Waals surface area contributed by atoms with Gasteiger partial charge in [0.1, 0.15) is 12.4 Å². The van der Waals surface area contributed by atoms with E-state index in [1.165, 1.54) is 36.4 Å². The molecule has 0 aromatic heterocycles. The van der Waals surface area contributed by atoms with E-state index < -0.39 is 35.9 Å². The van der Waals surface area contributed by atoms with Crippen LogP contribution in [0.25, 0.3) is 0 Å². The number of imide groups is 1. The lowest BCUT2D eigenvalue weighted by Gasteiger charge is -2.29. The van der Waals surface area contributed by atoms with Crippen molar-refractivity contribution in [2.24, 2.45) is 0 Å². The second-order valence-corrected chi connectivity index (χ2v) is 6.34. The molecule has 0 saturated carbocycles. The Labute approximate surface area is 159 Å². The van der Waals surface area contributed by atoms with Crippen molar-refractivity contribution in [3.63, 3.8) is 0 Å². The summed E-state index contributed by atoms with van der Waals surface area (Å²) in [6.45, 7) is -0.537. The number of hydrazine groups is 1. The number of hydrogen-bond donors (Lipinski definition) is 0. The Morgan fingerprint density at radius 3 is 2.00 bits per heavy atom. The van der Waals surface area contributed by atoms with Crippen LogP contribution in [0.4, 0.5) is 4.39 Å². The van der Waals surface area contributed by atoms with Crippen LogP contribution in [0.3, 0.4) is 0 Å². The van der Waals surface area contributed by atoms with Crippen molar-refractivity contribution in [2.75, 3.05) is 6.54 Å². The number of rotatable bonds is 5. The highest BCUT2D eigenvalue weighted by molar-refractivity contribution is 6.30. The highest BCUT2D eigenvalue weighted by Crippen LogP contribution is 2.19. The van der Waals surface area contributed by atoms with Crippen LogP contribution >= 0.6 is 11.6 Å². The molecular weight excluding hydrogens is 375 g/mol. The molecule has 0 spiro atoms. The van der Waals surface area contributed by atoms with Crippen LogP contribution in [-0.2, 0) is 9.59 Å². The molecule has 3 amide bonds. The van der Waals surface area contributed by atoms with Crippen molar-refractivity contribution in [3.8, 4) is 0 Å². The minimum Gasteiger partial charge on any atom is -0.292 e. The molecule has 1 saturated heterocycles. The van der Waals surface area contributed by atoms with Crippen LogP contribution in [-0.4, -0.2) is 40.1 Å². The molecule has 138 valence electrons. The van der Waals surface area contributed by atoms with Gasteiger partial charge in [0.25, 0.3) is 5.91 Å². The van der Waals surface area contributed by atoms with Gasteiger partial charge < -0.3 is 0 Å². The minimum absolute atomic E-state index is 0.0338. The average Bonchev–Trinajstić information content (AvgIpc) is 2.98. The van der Waals surface area contributed by atoms with E-state index >= 15 is 0 Å². The fraction of sp³-hybridized carbons (Fsp3) is 0.158. The molecule has 1 aliphatic heterocycles. The van der Waals surface area contributed by atoms with E-state index in [-0.39, 0.29) is 24.0 Å². The zero-order valence-electron chi connectivity index (χ0n) is 14.0. The lowest BCUT2D eigenvalue weighted by atomic mass is 10.1. The summed E-state index contributed by atoms with van der Waals surface area (Å²) in [5.41, 5.74) is 0.322. The van der Waals surface area contributed by atoms with Gasteiger partial charge in [-0.05, 0) is 48.5 Å². The molecular formula is C19H14ClFN2O4. The largest absolute Gasteiger partial charge is 0.292 e. The number of halogens is 2. The van der Waals surface area contributed by atoms with Crippen molar-refractivity contribution < 1.29 is 23.6 Å². The van der Waals surface area contributed by atoms with Crippen LogP contribution < -0.4 is 0 Å². The van der Waals surface area contributed by atoms with Gasteiger partial charge in [0, 0.05) is 29.0 Å².